The summed E-state index contributed by atoms with van der Waals surface area (Å²) in [4.78, 5) is 30.9. The molecule has 21 heavy (non-hydrogen) atoms. The Labute approximate surface area is 116 Å². The molecule has 8 nitrogen and oxygen atoms in total. The summed E-state index contributed by atoms with van der Waals surface area (Å²) >= 11 is 0. The minimum atomic E-state index is -1.47. The number of hydrogen-bond donors (Lipinski definition) is 2. The van der Waals surface area contributed by atoms with Gasteiger partial charge in [0, 0.05) is 13.0 Å². The number of nitro benzene ring substituents is 1. The molecule has 1 amide bonds. The van der Waals surface area contributed by atoms with Crippen LogP contribution in [0.15, 0.2) is 12.1 Å². The minimum Gasteiger partial charge on any atom is -0.488 e. The second-order valence-electron chi connectivity index (χ2n) is 3.89. The Morgan fingerprint density at radius 1 is 1.43 bits per heavy atom. The van der Waals surface area contributed by atoms with Crippen LogP contribution < -0.4 is 10.1 Å². The van der Waals surface area contributed by atoms with Gasteiger partial charge in [-0.05, 0) is 0 Å². The number of halogens is 2. The van der Waals surface area contributed by atoms with Gasteiger partial charge in [-0.1, -0.05) is 0 Å². The lowest BCUT2D eigenvalue weighted by Crippen LogP contribution is -2.43. The summed E-state index contributed by atoms with van der Waals surface area (Å²) in [5, 5.41) is 21.2. The molecule has 0 saturated heterocycles. The van der Waals surface area contributed by atoms with Crippen molar-refractivity contribution in [2.45, 2.75) is 13.0 Å². The van der Waals surface area contributed by atoms with E-state index in [4.69, 9.17) is 9.84 Å². The Bertz CT molecular complexity index is 592. The van der Waals surface area contributed by atoms with Crippen molar-refractivity contribution in [2.24, 2.45) is 0 Å². The fraction of sp³-hybridized carbons (Fsp3) is 0.273. The van der Waals surface area contributed by atoms with Gasteiger partial charge in [-0.15, -0.1) is 0 Å². The molecule has 0 heterocycles. The second-order valence-corrected chi connectivity index (χ2v) is 3.89. The monoisotopic (exact) mass is 304 g/mol. The van der Waals surface area contributed by atoms with Gasteiger partial charge in [0.05, 0.1) is 11.0 Å². The fourth-order valence-corrected chi connectivity index (χ4v) is 1.36. The van der Waals surface area contributed by atoms with Gasteiger partial charge in [-0.3, -0.25) is 14.9 Å². The van der Waals surface area contributed by atoms with Crippen LogP contribution >= 0.6 is 0 Å². The number of nitro groups is 1. The molecule has 10 heteroatoms. The van der Waals surface area contributed by atoms with E-state index in [0.717, 1.165) is 6.92 Å². The van der Waals surface area contributed by atoms with Gasteiger partial charge >= 0.3 is 11.7 Å². The molecule has 1 atom stereocenters. The number of carboxylic acid groups (broad SMARTS) is 1. The van der Waals surface area contributed by atoms with E-state index < -0.39 is 52.5 Å². The third kappa shape index (κ3) is 4.37. The van der Waals surface area contributed by atoms with Crippen molar-refractivity contribution in [1.29, 1.82) is 0 Å². The smallest absolute Gasteiger partial charge is 0.329 e. The zero-order valence-corrected chi connectivity index (χ0v) is 10.6. The Balaban J connectivity index is 2.88. The number of nitrogens with one attached hydrogen (secondary N) is 1. The largest absolute Gasteiger partial charge is 0.488 e. The van der Waals surface area contributed by atoms with Crippen LogP contribution in [0.3, 0.4) is 0 Å². The Hall–Kier alpha value is -2.78. The van der Waals surface area contributed by atoms with Crippen molar-refractivity contribution in [2.75, 3.05) is 6.61 Å². The van der Waals surface area contributed by atoms with Gasteiger partial charge in [0.1, 0.15) is 6.61 Å². The lowest BCUT2D eigenvalue weighted by atomic mass is 10.2. The van der Waals surface area contributed by atoms with Crippen LogP contribution in [0, 0.1) is 21.7 Å². The number of rotatable bonds is 6. The summed E-state index contributed by atoms with van der Waals surface area (Å²) in [5.74, 6) is -5.35. The average Bonchev–Trinajstić information content (AvgIpc) is 2.36. The molecule has 0 aliphatic rings. The highest BCUT2D eigenvalue weighted by Gasteiger charge is 2.23. The van der Waals surface area contributed by atoms with Crippen molar-refractivity contribution in [3.63, 3.8) is 0 Å². The topological polar surface area (TPSA) is 119 Å². The summed E-state index contributed by atoms with van der Waals surface area (Å²) in [6.07, 6.45) is 0. The predicted octanol–water partition coefficient (Wildman–Crippen LogP) is 0.841. The van der Waals surface area contributed by atoms with Crippen LogP contribution in [0.4, 0.5) is 14.5 Å². The molecule has 0 aliphatic heterocycles. The van der Waals surface area contributed by atoms with Crippen molar-refractivity contribution in [3.05, 3.63) is 33.9 Å². The summed E-state index contributed by atoms with van der Waals surface area (Å²) < 4.78 is 31.5. The maximum absolute atomic E-state index is 13.5. The van der Waals surface area contributed by atoms with Crippen LogP contribution in [0.2, 0.25) is 0 Å². The van der Waals surface area contributed by atoms with Crippen molar-refractivity contribution in [3.8, 4) is 5.75 Å². The van der Waals surface area contributed by atoms with E-state index in [-0.39, 0.29) is 0 Å². The Kier molecular flexibility index (Phi) is 5.11. The normalized spacial score (nSPS) is 11.6. The fourth-order valence-electron chi connectivity index (χ4n) is 1.36. The average molecular weight is 304 g/mol. The number of carboxylic acids is 1. The number of benzene rings is 1. The number of carbonyl (C=O) groups excluding carboxylic acids is 1. The first-order valence-corrected chi connectivity index (χ1v) is 5.48. The standard InChI is InChI=1S/C11H10F2N2O6/c1-5(16)14-8(11(17)18)4-21-10-3-6(12)9(15(19)20)2-7(10)13/h2-3,8H,4H2,1H3,(H,14,16)(H,17,18). The van der Waals surface area contributed by atoms with Crippen LogP contribution in [-0.4, -0.2) is 34.6 Å². The molecule has 0 spiro atoms. The zero-order valence-electron chi connectivity index (χ0n) is 10.6. The molecule has 0 aliphatic carbocycles. The number of amides is 1. The summed E-state index contributed by atoms with van der Waals surface area (Å²) in [6.45, 7) is 0.394. The van der Waals surface area contributed by atoms with Crippen LogP contribution in [0.1, 0.15) is 6.92 Å². The number of ether oxygens (including phenoxy) is 1. The highest BCUT2D eigenvalue weighted by molar-refractivity contribution is 5.82. The molecule has 1 aromatic rings. The molecule has 2 N–H and O–H groups in total. The van der Waals surface area contributed by atoms with Crippen LogP contribution in [0.5, 0.6) is 5.75 Å². The zero-order chi connectivity index (χ0) is 16.2. The number of nitrogens with zero attached hydrogens (tertiary/aromatic N) is 1. The Morgan fingerprint density at radius 2 is 2.05 bits per heavy atom. The lowest BCUT2D eigenvalue weighted by molar-refractivity contribution is -0.387. The van der Waals surface area contributed by atoms with Crippen molar-refractivity contribution in [1.82, 2.24) is 5.32 Å². The number of carbonyl (C=O) groups is 2. The lowest BCUT2D eigenvalue weighted by Gasteiger charge is -2.14. The van der Waals surface area contributed by atoms with E-state index >= 15 is 0 Å². The van der Waals surface area contributed by atoms with E-state index in [1.54, 1.807) is 0 Å². The maximum Gasteiger partial charge on any atom is 0.329 e. The number of aliphatic carboxylic acids is 1. The molecule has 0 aromatic heterocycles. The second kappa shape index (κ2) is 6.59. The molecule has 0 saturated carbocycles. The van der Waals surface area contributed by atoms with Gasteiger partial charge in [0.2, 0.25) is 11.7 Å². The van der Waals surface area contributed by atoms with Gasteiger partial charge in [-0.25, -0.2) is 9.18 Å². The first kappa shape index (κ1) is 16.3. The van der Waals surface area contributed by atoms with Crippen molar-refractivity contribution < 1.29 is 33.1 Å². The molecular weight excluding hydrogens is 294 g/mol. The van der Waals surface area contributed by atoms with E-state index in [9.17, 15) is 28.5 Å². The minimum absolute atomic E-state index is 0.318. The maximum atomic E-state index is 13.5. The van der Waals surface area contributed by atoms with Gasteiger partial charge in [0.15, 0.2) is 17.6 Å². The highest BCUT2D eigenvalue weighted by Crippen LogP contribution is 2.26. The molecule has 0 bridgehead atoms. The van der Waals surface area contributed by atoms with Gasteiger partial charge in [-0.2, -0.15) is 4.39 Å². The first-order chi connectivity index (χ1) is 9.72. The van der Waals surface area contributed by atoms with E-state index in [1.807, 2.05) is 5.32 Å². The summed E-state index contributed by atoms with van der Waals surface area (Å²) in [6, 6.07) is -0.723. The third-order valence-electron chi connectivity index (χ3n) is 2.28. The molecule has 1 unspecified atom stereocenters. The molecule has 1 aromatic carbocycles. The first-order valence-electron chi connectivity index (χ1n) is 5.48. The quantitative estimate of drug-likeness (QED) is 0.594. The Morgan fingerprint density at radius 3 is 2.52 bits per heavy atom. The van der Waals surface area contributed by atoms with E-state index in [1.165, 1.54) is 0 Å². The molecule has 114 valence electrons. The molecule has 0 fully saturated rings. The van der Waals surface area contributed by atoms with E-state index in [2.05, 4.69) is 0 Å². The van der Waals surface area contributed by atoms with Crippen LogP contribution in [-0.2, 0) is 9.59 Å². The molecule has 1 rings (SSSR count). The van der Waals surface area contributed by atoms with Crippen LogP contribution in [0.25, 0.3) is 0 Å². The highest BCUT2D eigenvalue weighted by atomic mass is 19.1. The summed E-state index contributed by atoms with van der Waals surface area (Å²) in [7, 11) is 0. The number of hydrogen-bond acceptors (Lipinski definition) is 5. The van der Waals surface area contributed by atoms with Crippen molar-refractivity contribution >= 4 is 17.6 Å². The van der Waals surface area contributed by atoms with Gasteiger partial charge in [0.25, 0.3) is 0 Å². The molecule has 0 radical (unpaired) electrons. The van der Waals surface area contributed by atoms with E-state index in [0.29, 0.717) is 12.1 Å². The SMILES string of the molecule is CC(=O)NC(COc1cc(F)c([N+](=O)[O-])cc1F)C(=O)O. The third-order valence-corrected chi connectivity index (χ3v) is 2.28. The predicted molar refractivity (Wildman–Crippen MR) is 63.7 cm³/mol. The summed E-state index contributed by atoms with van der Waals surface area (Å²) in [5.41, 5.74) is -1.07. The molecular formula is C11H10F2N2O6. The van der Waals surface area contributed by atoms with Gasteiger partial charge < -0.3 is 15.2 Å².